The molecule has 0 radical (unpaired) electrons. The Morgan fingerprint density at radius 2 is 1.76 bits per heavy atom. The summed E-state index contributed by atoms with van der Waals surface area (Å²) in [6, 6.07) is 16.8. The number of hydrogen-bond acceptors (Lipinski definition) is 8. The van der Waals surface area contributed by atoms with Crippen LogP contribution in [0.5, 0.6) is 5.75 Å². The van der Waals surface area contributed by atoms with Crippen LogP contribution in [0.15, 0.2) is 64.0 Å². The van der Waals surface area contributed by atoms with Crippen LogP contribution in [-0.2, 0) is 24.3 Å². The van der Waals surface area contributed by atoms with E-state index in [0.29, 0.717) is 27.2 Å². The van der Waals surface area contributed by atoms with Gasteiger partial charge >= 0.3 is 262 Å². The van der Waals surface area contributed by atoms with Crippen LogP contribution in [0.1, 0.15) is 43.3 Å². The summed E-state index contributed by atoms with van der Waals surface area (Å²) in [6.45, 7) is 6.01. The molecular weight excluding hydrogens is 693 g/mol. The van der Waals surface area contributed by atoms with Crippen LogP contribution >= 0.6 is 27.3 Å². The summed E-state index contributed by atoms with van der Waals surface area (Å²) in [7, 11) is -2.17. The van der Waals surface area contributed by atoms with Gasteiger partial charge in [0.15, 0.2) is 0 Å². The Kier molecular flexibility index (Phi) is 10.4. The molecule has 0 saturated carbocycles. The van der Waals surface area contributed by atoms with Crippen LogP contribution in [0.3, 0.4) is 0 Å². The topological polar surface area (TPSA) is 99.2 Å². The number of thiophene rings is 1. The third kappa shape index (κ3) is 8.02. The van der Waals surface area contributed by atoms with Crippen molar-refractivity contribution in [2.75, 3.05) is 26.8 Å². The van der Waals surface area contributed by atoms with Crippen molar-refractivity contribution in [1.82, 2.24) is 4.31 Å². The summed E-state index contributed by atoms with van der Waals surface area (Å²) in [5.41, 5.74) is 0.267. The van der Waals surface area contributed by atoms with Gasteiger partial charge in [0.25, 0.3) is 0 Å². The number of ether oxygens (including phenoxy) is 3. The second-order valence-electron chi connectivity index (χ2n) is 10.5. The van der Waals surface area contributed by atoms with Gasteiger partial charge in [0.05, 0.1) is 0 Å². The Hall–Kier alpha value is -2.17. The van der Waals surface area contributed by atoms with E-state index in [9.17, 15) is 18.0 Å². The molecule has 1 unspecified atom stereocenters. The van der Waals surface area contributed by atoms with Crippen LogP contribution in [0.25, 0.3) is 10.4 Å². The number of carbonyl (C=O) groups excluding carboxylic acids is 2. The van der Waals surface area contributed by atoms with Gasteiger partial charge in [-0.15, -0.1) is 0 Å². The van der Waals surface area contributed by atoms with Crippen LogP contribution in [0.4, 0.5) is 0 Å². The summed E-state index contributed by atoms with van der Waals surface area (Å²) >= 11 is 4.27. The first-order chi connectivity index (χ1) is 19.4. The van der Waals surface area contributed by atoms with Gasteiger partial charge in [0.1, 0.15) is 0 Å². The van der Waals surface area contributed by atoms with Gasteiger partial charge in [-0.1, -0.05) is 0 Å². The van der Waals surface area contributed by atoms with E-state index in [1.54, 1.807) is 49.3 Å². The minimum atomic E-state index is -3.47. The summed E-state index contributed by atoms with van der Waals surface area (Å²) < 4.78 is 45.9. The van der Waals surface area contributed by atoms with E-state index >= 15 is 0 Å². The average molecular weight is 727 g/mol. The molecule has 0 spiro atoms. The van der Waals surface area contributed by atoms with Crippen molar-refractivity contribution < 1.29 is 32.2 Å². The van der Waals surface area contributed by atoms with E-state index in [0.717, 1.165) is 23.3 Å². The second kappa shape index (κ2) is 13.4. The van der Waals surface area contributed by atoms with Crippen molar-refractivity contribution in [3.05, 3.63) is 63.9 Å². The molecule has 0 N–H and O–H groups in total. The molecular formula is C29H33AsBrNO7S2. The Balaban J connectivity index is 1.47. The minimum absolute atomic E-state index is 0.246. The van der Waals surface area contributed by atoms with Crippen molar-refractivity contribution in [1.29, 1.82) is 0 Å². The fourth-order valence-electron chi connectivity index (χ4n) is 4.41. The summed E-state index contributed by atoms with van der Waals surface area (Å²) in [5, 5.41) is 0. The summed E-state index contributed by atoms with van der Waals surface area (Å²) in [6.07, 6.45) is 1.66. The van der Waals surface area contributed by atoms with Crippen molar-refractivity contribution in [3.63, 3.8) is 0 Å². The van der Waals surface area contributed by atoms with Crippen LogP contribution in [0, 0.1) is 0 Å². The molecule has 41 heavy (non-hydrogen) atoms. The molecule has 2 heterocycles. The average Bonchev–Trinajstić information content (AvgIpc) is 3.27. The normalized spacial score (nSPS) is 15.2. The molecule has 0 bridgehead atoms. The van der Waals surface area contributed by atoms with Crippen LogP contribution in [-0.4, -0.2) is 72.8 Å². The second-order valence-corrected chi connectivity index (χ2v) is 17.8. The van der Waals surface area contributed by atoms with Gasteiger partial charge in [-0.2, -0.15) is 0 Å². The molecule has 3 aromatic rings. The van der Waals surface area contributed by atoms with Crippen molar-refractivity contribution in [3.8, 4) is 16.2 Å². The van der Waals surface area contributed by atoms with E-state index in [4.69, 9.17) is 14.2 Å². The number of hydrogen-bond donors (Lipinski definition) is 0. The predicted octanol–water partition coefficient (Wildman–Crippen LogP) is 5.02. The number of sulfonamides is 1. The maximum atomic E-state index is 13.0. The monoisotopic (exact) mass is 725 g/mol. The van der Waals surface area contributed by atoms with Gasteiger partial charge in [-0.05, 0) is 0 Å². The number of carbonyl (C=O) groups is 2. The van der Waals surface area contributed by atoms with E-state index in [1.165, 1.54) is 22.8 Å². The standard InChI is InChI=1S/C29H33AsBrNO7S2/c1-29(2,3)39-23(33)18-38-25-24(31)26(40-27(25)28(34)37-4)19-9-8-10-21(17-19)30-20-13-15-32(16-14-20)41(35,36)22-11-6-5-7-12-22/h5-12,17,20,30H,13-16,18H2,1-4H3. The molecule has 220 valence electrons. The van der Waals surface area contributed by atoms with E-state index < -0.39 is 43.3 Å². The zero-order chi connectivity index (χ0) is 29.8. The zero-order valence-corrected chi connectivity index (χ0v) is 28.6. The molecule has 1 fully saturated rings. The quantitative estimate of drug-likeness (QED) is 0.226. The number of halogens is 1. The number of rotatable bonds is 9. The van der Waals surface area contributed by atoms with Crippen molar-refractivity contribution >= 4 is 69.3 Å². The van der Waals surface area contributed by atoms with E-state index in [-0.39, 0.29) is 17.2 Å². The Bertz CT molecular complexity index is 1500. The first kappa shape index (κ1) is 31.8. The van der Waals surface area contributed by atoms with Gasteiger partial charge in [0.2, 0.25) is 0 Å². The van der Waals surface area contributed by atoms with Crippen LogP contribution < -0.4 is 9.09 Å². The van der Waals surface area contributed by atoms with E-state index in [2.05, 4.69) is 28.1 Å². The number of methoxy groups -OCH3 is 1. The SMILES string of the molecule is COC(=O)c1sc(-c2cccc([AsH]C3CCN(S(=O)(=O)c4ccccc4)CC3)c2)c(Br)c1OCC(=O)OC(C)(C)C. The Labute approximate surface area is 260 Å². The molecule has 1 atom stereocenters. The predicted molar refractivity (Wildman–Crippen MR) is 165 cm³/mol. The fraction of sp³-hybridized carbons (Fsp3) is 0.379. The van der Waals surface area contributed by atoms with Gasteiger partial charge < -0.3 is 0 Å². The summed E-state index contributed by atoms with van der Waals surface area (Å²) in [4.78, 5) is 26.2. The fourth-order valence-corrected chi connectivity index (χ4v) is 10.9. The van der Waals surface area contributed by atoms with Crippen LogP contribution in [0.2, 0.25) is 4.71 Å². The molecule has 2 aromatic carbocycles. The third-order valence-electron chi connectivity index (χ3n) is 6.26. The first-order valence-corrected chi connectivity index (χ1v) is 18.4. The molecule has 0 aliphatic carbocycles. The van der Waals surface area contributed by atoms with Crippen molar-refractivity contribution in [2.45, 2.75) is 48.8 Å². The number of esters is 2. The van der Waals surface area contributed by atoms with E-state index in [1.807, 2.05) is 18.2 Å². The molecule has 1 aromatic heterocycles. The van der Waals surface area contributed by atoms with Gasteiger partial charge in [0, 0.05) is 0 Å². The molecule has 1 aliphatic heterocycles. The molecule has 1 aliphatic rings. The zero-order valence-electron chi connectivity index (χ0n) is 23.3. The molecule has 0 amide bonds. The maximum absolute atomic E-state index is 13.0. The number of nitrogens with zero attached hydrogens (tertiary/aromatic N) is 1. The molecule has 8 nitrogen and oxygen atoms in total. The molecule has 1 saturated heterocycles. The summed E-state index contributed by atoms with van der Waals surface area (Å²) in [5.74, 6) is -0.845. The number of piperidine rings is 1. The Morgan fingerprint density at radius 3 is 2.39 bits per heavy atom. The molecule has 4 rings (SSSR count). The van der Waals surface area contributed by atoms with Crippen molar-refractivity contribution in [2.24, 2.45) is 0 Å². The van der Waals surface area contributed by atoms with Gasteiger partial charge in [-0.25, -0.2) is 0 Å². The van der Waals surface area contributed by atoms with Gasteiger partial charge in [-0.3, -0.25) is 0 Å². The molecule has 12 heteroatoms. The third-order valence-corrected chi connectivity index (χ3v) is 13.8. The number of benzene rings is 2. The first-order valence-electron chi connectivity index (χ1n) is 13.1. The Morgan fingerprint density at radius 1 is 1.07 bits per heavy atom.